The molecule has 2 fully saturated rings. The number of allylic oxidation sites excluding steroid dienone is 1. The lowest BCUT2D eigenvalue weighted by atomic mass is 9.76. The zero-order valence-electron chi connectivity index (χ0n) is 20.7. The fraction of sp³-hybridized carbons (Fsp3) is 0.692. The second-order valence-corrected chi connectivity index (χ2v) is 10.6. The van der Waals surface area contributed by atoms with E-state index >= 15 is 0 Å². The molecule has 0 aliphatic heterocycles. The largest absolute Gasteiger partial charge is 0.462 e. The first-order chi connectivity index (χ1) is 15.2. The standard InChI is InChI=1S/C26H36O7/c1-13-9-10-19-20(25(19,7)8)11-14(2)24(30)26(33-18(6)29)12-15(3)23(32-17(5)28)21(26)22(13)31-16(4)27/h11,15,19-23H,1,9-10,12H2,2-8H3/b14-11+/t15-,19-,20+,21-,22-,23-,26+/m0/s1. The van der Waals surface area contributed by atoms with Crippen LogP contribution in [0, 0.1) is 29.1 Å². The van der Waals surface area contributed by atoms with E-state index < -0.39 is 41.6 Å². The lowest BCUT2D eigenvalue weighted by Crippen LogP contribution is -2.55. The molecule has 0 aromatic carbocycles. The van der Waals surface area contributed by atoms with E-state index in [0.717, 1.165) is 6.42 Å². The first-order valence-corrected chi connectivity index (χ1v) is 11.7. The summed E-state index contributed by atoms with van der Waals surface area (Å²) in [4.78, 5) is 50.5. The highest BCUT2D eigenvalue weighted by Crippen LogP contribution is 2.62. The third kappa shape index (κ3) is 4.51. The molecule has 0 spiro atoms. The monoisotopic (exact) mass is 460 g/mol. The molecular formula is C26H36O7. The number of ether oxygens (including phenoxy) is 3. The molecule has 0 aromatic heterocycles. The molecule has 7 atom stereocenters. The molecule has 3 aliphatic rings. The lowest BCUT2D eigenvalue weighted by Gasteiger charge is -2.39. The molecule has 182 valence electrons. The number of ketones is 1. The second-order valence-electron chi connectivity index (χ2n) is 10.6. The van der Waals surface area contributed by atoms with Gasteiger partial charge in [-0.1, -0.05) is 33.4 Å². The average Bonchev–Trinajstić information content (AvgIpc) is 3.07. The number of hydrogen-bond donors (Lipinski definition) is 0. The van der Waals surface area contributed by atoms with Gasteiger partial charge in [-0.3, -0.25) is 19.2 Å². The predicted octanol–water partition coefficient (Wildman–Crippen LogP) is 3.95. The van der Waals surface area contributed by atoms with Crippen molar-refractivity contribution in [1.29, 1.82) is 0 Å². The van der Waals surface area contributed by atoms with Gasteiger partial charge < -0.3 is 14.2 Å². The molecule has 7 heteroatoms. The Hall–Kier alpha value is -2.44. The third-order valence-electron chi connectivity index (χ3n) is 7.82. The fourth-order valence-electron chi connectivity index (χ4n) is 6.22. The van der Waals surface area contributed by atoms with Crippen molar-refractivity contribution in [1.82, 2.24) is 0 Å². The van der Waals surface area contributed by atoms with Gasteiger partial charge in [0.15, 0.2) is 5.60 Å². The van der Waals surface area contributed by atoms with Crippen LogP contribution in [-0.4, -0.2) is 41.5 Å². The average molecular weight is 461 g/mol. The Morgan fingerprint density at radius 1 is 1.06 bits per heavy atom. The molecule has 7 nitrogen and oxygen atoms in total. The summed E-state index contributed by atoms with van der Waals surface area (Å²) in [6, 6.07) is 0. The van der Waals surface area contributed by atoms with E-state index in [1.54, 1.807) is 6.92 Å². The first kappa shape index (κ1) is 25.2. The lowest BCUT2D eigenvalue weighted by molar-refractivity contribution is -0.182. The van der Waals surface area contributed by atoms with Crippen LogP contribution in [0.2, 0.25) is 0 Å². The molecule has 0 bridgehead atoms. The second kappa shape index (κ2) is 8.73. The summed E-state index contributed by atoms with van der Waals surface area (Å²) in [6.07, 6.45) is 1.83. The van der Waals surface area contributed by atoms with Crippen molar-refractivity contribution in [2.45, 2.75) is 85.5 Å². The van der Waals surface area contributed by atoms with Crippen LogP contribution in [0.25, 0.3) is 0 Å². The zero-order chi connectivity index (χ0) is 24.9. The maximum atomic E-state index is 14.0. The molecule has 33 heavy (non-hydrogen) atoms. The fourth-order valence-corrected chi connectivity index (χ4v) is 6.22. The summed E-state index contributed by atoms with van der Waals surface area (Å²) in [5, 5.41) is 0. The van der Waals surface area contributed by atoms with Crippen molar-refractivity contribution in [3.8, 4) is 0 Å². The van der Waals surface area contributed by atoms with Gasteiger partial charge in [0.1, 0.15) is 12.2 Å². The third-order valence-corrected chi connectivity index (χ3v) is 7.82. The molecule has 0 unspecified atom stereocenters. The number of fused-ring (bicyclic) bond motifs is 2. The number of carbonyl (C=O) groups is 4. The van der Waals surface area contributed by atoms with E-state index in [1.165, 1.54) is 20.8 Å². The zero-order valence-corrected chi connectivity index (χ0v) is 20.7. The highest BCUT2D eigenvalue weighted by Gasteiger charge is 2.65. The Morgan fingerprint density at radius 3 is 2.21 bits per heavy atom. The van der Waals surface area contributed by atoms with Crippen molar-refractivity contribution < 1.29 is 33.4 Å². The van der Waals surface area contributed by atoms with Gasteiger partial charge in [0.2, 0.25) is 5.78 Å². The summed E-state index contributed by atoms with van der Waals surface area (Å²) < 4.78 is 17.3. The summed E-state index contributed by atoms with van der Waals surface area (Å²) >= 11 is 0. The van der Waals surface area contributed by atoms with E-state index in [0.29, 0.717) is 23.5 Å². The van der Waals surface area contributed by atoms with Crippen molar-refractivity contribution in [2.24, 2.45) is 29.1 Å². The van der Waals surface area contributed by atoms with Crippen LogP contribution in [0.3, 0.4) is 0 Å². The van der Waals surface area contributed by atoms with Crippen LogP contribution < -0.4 is 0 Å². The van der Waals surface area contributed by atoms with Gasteiger partial charge in [-0.15, -0.1) is 0 Å². The number of carbonyl (C=O) groups excluding carboxylic acids is 4. The molecule has 2 saturated carbocycles. The molecule has 3 rings (SSSR count). The van der Waals surface area contributed by atoms with Gasteiger partial charge >= 0.3 is 17.9 Å². The van der Waals surface area contributed by atoms with Crippen LogP contribution >= 0.6 is 0 Å². The molecule has 0 amide bonds. The molecule has 0 saturated heterocycles. The van der Waals surface area contributed by atoms with Gasteiger partial charge in [0.25, 0.3) is 0 Å². The van der Waals surface area contributed by atoms with Crippen molar-refractivity contribution in [3.63, 3.8) is 0 Å². The number of Topliss-reactive ketones (excluding diaryl/α,β-unsaturated/α-hetero) is 1. The normalized spacial score (nSPS) is 39.2. The van der Waals surface area contributed by atoms with Gasteiger partial charge in [-0.25, -0.2) is 0 Å². The summed E-state index contributed by atoms with van der Waals surface area (Å²) in [5.74, 6) is -2.64. The highest BCUT2D eigenvalue weighted by molar-refractivity contribution is 6.03. The quantitative estimate of drug-likeness (QED) is 0.357. The smallest absolute Gasteiger partial charge is 0.303 e. The first-order valence-electron chi connectivity index (χ1n) is 11.7. The van der Waals surface area contributed by atoms with Crippen LogP contribution in [0.15, 0.2) is 23.8 Å². The summed E-state index contributed by atoms with van der Waals surface area (Å²) in [5.41, 5.74) is -0.457. The van der Waals surface area contributed by atoms with Crippen LogP contribution in [0.4, 0.5) is 0 Å². The predicted molar refractivity (Wildman–Crippen MR) is 121 cm³/mol. The SMILES string of the molecule is C=C1CC[C@H]2[C@@H](/C=C(\C)C(=O)[C@@]3(OC(C)=O)C[C@H](C)[C@H](OC(C)=O)[C@@H]3[C@H]1OC(C)=O)C2(C)C. The molecule has 3 aliphatic carbocycles. The maximum absolute atomic E-state index is 14.0. The van der Waals surface area contributed by atoms with Crippen LogP contribution in [0.1, 0.15) is 67.7 Å². The van der Waals surface area contributed by atoms with Crippen molar-refractivity contribution in [3.05, 3.63) is 23.8 Å². The molecule has 0 aromatic rings. The minimum absolute atomic E-state index is 0.0369. The minimum atomic E-state index is -1.63. The van der Waals surface area contributed by atoms with Gasteiger partial charge in [0.05, 0.1) is 5.92 Å². The van der Waals surface area contributed by atoms with E-state index in [1.807, 2.05) is 13.0 Å². The molecule has 0 radical (unpaired) electrons. The highest BCUT2D eigenvalue weighted by atomic mass is 16.6. The Balaban J connectivity index is 2.23. The van der Waals surface area contributed by atoms with E-state index in [9.17, 15) is 19.2 Å². The van der Waals surface area contributed by atoms with E-state index in [2.05, 4.69) is 20.4 Å². The Morgan fingerprint density at radius 2 is 1.67 bits per heavy atom. The summed E-state index contributed by atoms with van der Waals surface area (Å²) in [7, 11) is 0. The Kier molecular flexibility index (Phi) is 6.66. The van der Waals surface area contributed by atoms with Gasteiger partial charge in [-0.2, -0.15) is 0 Å². The minimum Gasteiger partial charge on any atom is -0.462 e. The Bertz CT molecular complexity index is 914. The van der Waals surface area contributed by atoms with Crippen LogP contribution in [0.5, 0.6) is 0 Å². The van der Waals surface area contributed by atoms with Gasteiger partial charge in [0, 0.05) is 27.2 Å². The maximum Gasteiger partial charge on any atom is 0.303 e. The van der Waals surface area contributed by atoms with Crippen LogP contribution in [-0.2, 0) is 33.4 Å². The van der Waals surface area contributed by atoms with Gasteiger partial charge in [-0.05, 0) is 54.1 Å². The van der Waals surface area contributed by atoms with E-state index in [4.69, 9.17) is 14.2 Å². The number of esters is 3. The van der Waals surface area contributed by atoms with E-state index in [-0.39, 0.29) is 29.5 Å². The summed E-state index contributed by atoms with van der Waals surface area (Å²) in [6.45, 7) is 16.0. The molecule has 0 heterocycles. The molecular weight excluding hydrogens is 424 g/mol. The number of rotatable bonds is 3. The topological polar surface area (TPSA) is 96.0 Å². The number of hydrogen-bond acceptors (Lipinski definition) is 7. The Labute approximate surface area is 195 Å². The molecule has 0 N–H and O–H groups in total. The van der Waals surface area contributed by atoms with Crippen molar-refractivity contribution in [2.75, 3.05) is 0 Å². The van der Waals surface area contributed by atoms with Crippen molar-refractivity contribution >= 4 is 23.7 Å².